The normalized spacial score (nSPS) is 11.8. The molecule has 3 rings (SSSR count). The smallest absolute Gasteiger partial charge is 0.287 e. The molecule has 0 bridgehead atoms. The molecule has 0 spiro atoms. The van der Waals surface area contributed by atoms with Crippen LogP contribution in [0.2, 0.25) is 0 Å². The molecule has 24 heavy (non-hydrogen) atoms. The Balaban J connectivity index is 1.72. The van der Waals surface area contributed by atoms with Gasteiger partial charge in [-0.15, -0.1) is 0 Å². The van der Waals surface area contributed by atoms with Crippen LogP contribution in [0.1, 0.15) is 27.9 Å². The van der Waals surface area contributed by atoms with E-state index in [9.17, 15) is 9.59 Å². The molecule has 7 heteroatoms. The Bertz CT molecular complexity index is 825. The number of carbonyl (C=O) groups is 2. The van der Waals surface area contributed by atoms with Crippen LogP contribution in [-0.4, -0.2) is 21.6 Å². The lowest BCUT2D eigenvalue weighted by Gasteiger charge is -2.14. The summed E-state index contributed by atoms with van der Waals surface area (Å²) in [4.78, 5) is 24.0. The number of furan rings is 1. The van der Waals surface area contributed by atoms with Crippen molar-refractivity contribution in [2.75, 3.05) is 0 Å². The Kier molecular flexibility index (Phi) is 4.42. The van der Waals surface area contributed by atoms with Gasteiger partial charge in [-0.1, -0.05) is 30.3 Å². The zero-order valence-electron chi connectivity index (χ0n) is 12.8. The summed E-state index contributed by atoms with van der Waals surface area (Å²) >= 11 is 0. The zero-order chi connectivity index (χ0) is 16.9. The van der Waals surface area contributed by atoms with Crippen molar-refractivity contribution >= 4 is 11.8 Å². The Morgan fingerprint density at radius 2 is 1.96 bits per heavy atom. The van der Waals surface area contributed by atoms with Crippen LogP contribution < -0.4 is 11.1 Å². The van der Waals surface area contributed by atoms with Gasteiger partial charge in [0.1, 0.15) is 11.8 Å². The van der Waals surface area contributed by atoms with Gasteiger partial charge in [0.05, 0.1) is 6.54 Å². The van der Waals surface area contributed by atoms with Crippen molar-refractivity contribution in [3.8, 4) is 0 Å². The molecule has 0 radical (unpaired) electrons. The number of nitrogens with zero attached hydrogens (tertiary/aromatic N) is 2. The minimum absolute atomic E-state index is 0.110. The first-order chi connectivity index (χ1) is 11.6. The van der Waals surface area contributed by atoms with Crippen molar-refractivity contribution in [2.24, 2.45) is 5.73 Å². The second-order valence-corrected chi connectivity index (χ2v) is 5.19. The number of nitrogens with two attached hydrogens (primary N) is 1. The molecule has 0 saturated carbocycles. The SMILES string of the molecule is NC(=O)[C@H](NC(=O)c1ccc(Cn2cccn2)o1)c1ccccc1. The highest BCUT2D eigenvalue weighted by atomic mass is 16.4. The van der Waals surface area contributed by atoms with Crippen molar-refractivity contribution in [1.29, 1.82) is 0 Å². The van der Waals surface area contributed by atoms with Gasteiger partial charge in [0.15, 0.2) is 5.76 Å². The van der Waals surface area contributed by atoms with E-state index in [4.69, 9.17) is 10.2 Å². The van der Waals surface area contributed by atoms with Crippen LogP contribution in [0.25, 0.3) is 0 Å². The van der Waals surface area contributed by atoms with Crippen LogP contribution in [0.5, 0.6) is 0 Å². The van der Waals surface area contributed by atoms with Crippen molar-refractivity contribution in [2.45, 2.75) is 12.6 Å². The van der Waals surface area contributed by atoms with Gasteiger partial charge in [0.25, 0.3) is 5.91 Å². The van der Waals surface area contributed by atoms with E-state index < -0.39 is 17.9 Å². The summed E-state index contributed by atoms with van der Waals surface area (Å²) in [6, 6.07) is 12.9. The van der Waals surface area contributed by atoms with E-state index in [0.717, 1.165) is 0 Å². The summed E-state index contributed by atoms with van der Waals surface area (Å²) < 4.78 is 7.19. The fourth-order valence-corrected chi connectivity index (χ4v) is 2.31. The topological polar surface area (TPSA) is 103 Å². The molecular formula is C17H16N4O3. The molecule has 2 heterocycles. The first kappa shape index (κ1) is 15.5. The Hall–Kier alpha value is -3.35. The molecule has 7 nitrogen and oxygen atoms in total. The highest BCUT2D eigenvalue weighted by molar-refractivity contribution is 5.95. The minimum atomic E-state index is -0.918. The highest BCUT2D eigenvalue weighted by Crippen LogP contribution is 2.15. The molecule has 122 valence electrons. The first-order valence-corrected chi connectivity index (χ1v) is 7.35. The number of nitrogens with one attached hydrogen (secondary N) is 1. The summed E-state index contributed by atoms with van der Waals surface area (Å²) in [6.07, 6.45) is 3.45. The van der Waals surface area contributed by atoms with Crippen LogP contribution in [-0.2, 0) is 11.3 Å². The van der Waals surface area contributed by atoms with E-state index >= 15 is 0 Å². The monoisotopic (exact) mass is 324 g/mol. The predicted octanol–water partition coefficient (Wildman–Crippen LogP) is 1.48. The van der Waals surface area contributed by atoms with Gasteiger partial charge in [-0.05, 0) is 23.8 Å². The molecule has 3 aromatic rings. The summed E-state index contributed by atoms with van der Waals surface area (Å²) in [6.45, 7) is 0.415. The van der Waals surface area contributed by atoms with E-state index in [0.29, 0.717) is 17.9 Å². The standard InChI is InChI=1S/C17H16N4O3/c18-16(22)15(12-5-2-1-3-6-12)20-17(23)14-8-7-13(24-14)11-21-10-4-9-19-21/h1-10,15H,11H2,(H2,18,22)(H,20,23)/t15-/m1/s1. The summed E-state index contributed by atoms with van der Waals surface area (Å²) in [5, 5.41) is 6.66. The largest absolute Gasteiger partial charge is 0.454 e. The van der Waals surface area contributed by atoms with E-state index in [2.05, 4.69) is 10.4 Å². The average Bonchev–Trinajstić information content (AvgIpc) is 3.25. The maximum atomic E-state index is 12.3. The maximum Gasteiger partial charge on any atom is 0.287 e. The van der Waals surface area contributed by atoms with E-state index in [-0.39, 0.29) is 5.76 Å². The third-order valence-electron chi connectivity index (χ3n) is 3.46. The van der Waals surface area contributed by atoms with Gasteiger partial charge in [0.2, 0.25) is 5.91 Å². The molecule has 2 amide bonds. The molecule has 1 atom stereocenters. The zero-order valence-corrected chi connectivity index (χ0v) is 12.8. The quantitative estimate of drug-likeness (QED) is 0.716. The van der Waals surface area contributed by atoms with E-state index in [1.54, 1.807) is 59.5 Å². The fourth-order valence-electron chi connectivity index (χ4n) is 2.31. The molecule has 3 N–H and O–H groups in total. The van der Waals surface area contributed by atoms with Gasteiger partial charge < -0.3 is 15.5 Å². The second kappa shape index (κ2) is 6.82. The second-order valence-electron chi connectivity index (χ2n) is 5.19. The molecule has 0 aliphatic rings. The van der Waals surface area contributed by atoms with Crippen LogP contribution >= 0.6 is 0 Å². The molecule has 0 unspecified atom stereocenters. The molecule has 0 aliphatic carbocycles. The minimum Gasteiger partial charge on any atom is -0.454 e. The number of hydrogen-bond donors (Lipinski definition) is 2. The number of benzene rings is 1. The average molecular weight is 324 g/mol. The fraction of sp³-hybridized carbons (Fsp3) is 0.118. The van der Waals surface area contributed by atoms with Crippen LogP contribution in [0, 0.1) is 0 Å². The van der Waals surface area contributed by atoms with Gasteiger partial charge in [-0.2, -0.15) is 5.10 Å². The van der Waals surface area contributed by atoms with Crippen LogP contribution in [0.3, 0.4) is 0 Å². The highest BCUT2D eigenvalue weighted by Gasteiger charge is 2.22. The van der Waals surface area contributed by atoms with Gasteiger partial charge in [-0.25, -0.2) is 0 Å². The maximum absolute atomic E-state index is 12.3. The number of primary amides is 1. The van der Waals surface area contributed by atoms with Crippen molar-refractivity contribution in [1.82, 2.24) is 15.1 Å². The summed E-state index contributed by atoms with van der Waals surface area (Å²) in [5.41, 5.74) is 6.01. The number of amides is 2. The molecule has 0 fully saturated rings. The number of hydrogen-bond acceptors (Lipinski definition) is 4. The van der Waals surface area contributed by atoms with E-state index in [1.807, 2.05) is 6.07 Å². The van der Waals surface area contributed by atoms with Gasteiger partial charge in [0, 0.05) is 12.4 Å². The third-order valence-corrected chi connectivity index (χ3v) is 3.46. The molecule has 0 saturated heterocycles. The number of aromatic nitrogens is 2. The summed E-state index contributed by atoms with van der Waals surface area (Å²) in [5.74, 6) is -0.453. The van der Waals surface area contributed by atoms with Crippen molar-refractivity contribution in [3.05, 3.63) is 78.0 Å². The predicted molar refractivity (Wildman–Crippen MR) is 85.9 cm³/mol. The lowest BCUT2D eigenvalue weighted by Crippen LogP contribution is -2.37. The van der Waals surface area contributed by atoms with Crippen molar-refractivity contribution in [3.63, 3.8) is 0 Å². The lowest BCUT2D eigenvalue weighted by molar-refractivity contribution is -0.120. The lowest BCUT2D eigenvalue weighted by atomic mass is 10.1. The Morgan fingerprint density at radius 1 is 1.17 bits per heavy atom. The van der Waals surface area contributed by atoms with Gasteiger partial charge in [-0.3, -0.25) is 14.3 Å². The molecular weight excluding hydrogens is 308 g/mol. The molecule has 0 aliphatic heterocycles. The summed E-state index contributed by atoms with van der Waals surface area (Å²) in [7, 11) is 0. The number of carbonyl (C=O) groups excluding carboxylic acids is 2. The third kappa shape index (κ3) is 3.52. The van der Waals surface area contributed by atoms with E-state index in [1.165, 1.54) is 0 Å². The first-order valence-electron chi connectivity index (χ1n) is 7.35. The van der Waals surface area contributed by atoms with Crippen LogP contribution in [0.15, 0.2) is 65.3 Å². The molecule has 2 aromatic heterocycles. The van der Waals surface area contributed by atoms with Crippen LogP contribution in [0.4, 0.5) is 0 Å². The van der Waals surface area contributed by atoms with Gasteiger partial charge >= 0.3 is 0 Å². The Labute approximate surface area is 138 Å². The Morgan fingerprint density at radius 3 is 2.62 bits per heavy atom. The molecule has 1 aromatic carbocycles. The number of rotatable bonds is 6. The van der Waals surface area contributed by atoms with Crippen molar-refractivity contribution < 1.29 is 14.0 Å².